The minimum atomic E-state index is 0.608. The van der Waals surface area contributed by atoms with Crippen LogP contribution in [0, 0.1) is 0 Å². The highest BCUT2D eigenvalue weighted by Gasteiger charge is 2.21. The second kappa shape index (κ2) is 8.47. The highest BCUT2D eigenvalue weighted by Crippen LogP contribution is 2.31. The molecule has 21 heavy (non-hydrogen) atoms. The SMILES string of the molecule is CCNCCc1c(CC)nc(C2CCCCC2)nc1CC. The summed E-state index contributed by atoms with van der Waals surface area (Å²) in [6, 6.07) is 0. The van der Waals surface area contributed by atoms with Crippen LogP contribution in [0.3, 0.4) is 0 Å². The van der Waals surface area contributed by atoms with Gasteiger partial charge >= 0.3 is 0 Å². The Morgan fingerprint density at radius 2 is 1.57 bits per heavy atom. The summed E-state index contributed by atoms with van der Waals surface area (Å²) in [7, 11) is 0. The molecule has 1 heterocycles. The van der Waals surface area contributed by atoms with Crippen LogP contribution >= 0.6 is 0 Å². The minimum Gasteiger partial charge on any atom is -0.317 e. The maximum absolute atomic E-state index is 4.96. The predicted molar refractivity (Wildman–Crippen MR) is 88.9 cm³/mol. The molecule has 2 rings (SSSR count). The lowest BCUT2D eigenvalue weighted by molar-refractivity contribution is 0.426. The maximum Gasteiger partial charge on any atom is 0.131 e. The Hall–Kier alpha value is -0.960. The van der Waals surface area contributed by atoms with Crippen molar-refractivity contribution in [2.24, 2.45) is 0 Å². The van der Waals surface area contributed by atoms with Gasteiger partial charge in [-0.3, -0.25) is 0 Å². The van der Waals surface area contributed by atoms with Gasteiger partial charge in [-0.05, 0) is 50.8 Å². The third-order valence-electron chi connectivity index (χ3n) is 4.64. The number of aromatic nitrogens is 2. The molecule has 3 heteroatoms. The Kier molecular flexibility index (Phi) is 6.62. The highest BCUT2D eigenvalue weighted by atomic mass is 14.9. The number of aryl methyl sites for hydroxylation is 2. The van der Waals surface area contributed by atoms with Gasteiger partial charge in [-0.1, -0.05) is 40.0 Å². The summed E-state index contributed by atoms with van der Waals surface area (Å²) in [6.45, 7) is 8.67. The first kappa shape index (κ1) is 16.4. The smallest absolute Gasteiger partial charge is 0.131 e. The molecule has 1 aliphatic carbocycles. The van der Waals surface area contributed by atoms with Crippen LogP contribution in [0.25, 0.3) is 0 Å². The Bertz CT molecular complexity index is 411. The lowest BCUT2D eigenvalue weighted by Gasteiger charge is -2.22. The predicted octanol–water partition coefficient (Wildman–Crippen LogP) is 3.80. The average Bonchev–Trinajstić information content (AvgIpc) is 2.55. The van der Waals surface area contributed by atoms with Crippen molar-refractivity contribution in [3.63, 3.8) is 0 Å². The summed E-state index contributed by atoms with van der Waals surface area (Å²) >= 11 is 0. The average molecular weight is 289 g/mol. The first-order valence-corrected chi connectivity index (χ1v) is 8.89. The highest BCUT2D eigenvalue weighted by molar-refractivity contribution is 5.28. The fourth-order valence-corrected chi connectivity index (χ4v) is 3.41. The van der Waals surface area contributed by atoms with E-state index in [-0.39, 0.29) is 0 Å². The molecule has 1 fully saturated rings. The minimum absolute atomic E-state index is 0.608. The third-order valence-corrected chi connectivity index (χ3v) is 4.64. The Labute approximate surface area is 130 Å². The number of nitrogens with one attached hydrogen (secondary N) is 1. The Morgan fingerprint density at radius 3 is 2.10 bits per heavy atom. The summed E-state index contributed by atoms with van der Waals surface area (Å²) < 4.78 is 0. The van der Waals surface area contributed by atoms with Crippen LogP contribution in [0.1, 0.15) is 81.6 Å². The molecule has 0 atom stereocenters. The van der Waals surface area contributed by atoms with E-state index in [0.29, 0.717) is 5.92 Å². The molecule has 0 saturated heterocycles. The topological polar surface area (TPSA) is 37.8 Å². The van der Waals surface area contributed by atoms with E-state index in [1.165, 1.54) is 49.1 Å². The quantitative estimate of drug-likeness (QED) is 0.776. The van der Waals surface area contributed by atoms with Crippen LogP contribution in [0.2, 0.25) is 0 Å². The first-order valence-electron chi connectivity index (χ1n) is 8.89. The van der Waals surface area contributed by atoms with Crippen LogP contribution in [-0.2, 0) is 19.3 Å². The van der Waals surface area contributed by atoms with E-state index >= 15 is 0 Å². The molecule has 0 radical (unpaired) electrons. The maximum atomic E-state index is 4.96. The second-order valence-corrected chi connectivity index (χ2v) is 6.10. The van der Waals surface area contributed by atoms with Gasteiger partial charge in [-0.15, -0.1) is 0 Å². The van der Waals surface area contributed by atoms with Gasteiger partial charge in [-0.25, -0.2) is 9.97 Å². The zero-order valence-corrected chi connectivity index (χ0v) is 14.0. The molecule has 1 aliphatic rings. The van der Waals surface area contributed by atoms with Crippen molar-refractivity contribution in [1.29, 1.82) is 0 Å². The monoisotopic (exact) mass is 289 g/mol. The molecule has 3 nitrogen and oxygen atoms in total. The number of rotatable bonds is 7. The third kappa shape index (κ3) is 4.26. The van der Waals surface area contributed by atoms with Crippen LogP contribution < -0.4 is 5.32 Å². The van der Waals surface area contributed by atoms with Crippen molar-refractivity contribution in [2.75, 3.05) is 13.1 Å². The van der Waals surface area contributed by atoms with Crippen molar-refractivity contribution < 1.29 is 0 Å². The van der Waals surface area contributed by atoms with E-state index in [9.17, 15) is 0 Å². The van der Waals surface area contributed by atoms with Gasteiger partial charge in [0.15, 0.2) is 0 Å². The fourth-order valence-electron chi connectivity index (χ4n) is 3.41. The lowest BCUT2D eigenvalue weighted by atomic mass is 9.88. The largest absolute Gasteiger partial charge is 0.317 e. The van der Waals surface area contributed by atoms with Gasteiger partial charge in [0.1, 0.15) is 5.82 Å². The van der Waals surface area contributed by atoms with Crippen molar-refractivity contribution in [3.8, 4) is 0 Å². The van der Waals surface area contributed by atoms with E-state index in [1.54, 1.807) is 0 Å². The zero-order valence-electron chi connectivity index (χ0n) is 14.0. The summed E-state index contributed by atoms with van der Waals surface area (Å²) in [5.74, 6) is 1.74. The van der Waals surface area contributed by atoms with Gasteiger partial charge in [-0.2, -0.15) is 0 Å². The first-order chi connectivity index (χ1) is 10.3. The van der Waals surface area contributed by atoms with E-state index in [1.807, 2.05) is 0 Å². The number of nitrogens with zero attached hydrogens (tertiary/aromatic N) is 2. The summed E-state index contributed by atoms with van der Waals surface area (Å²) in [4.78, 5) is 9.93. The molecule has 1 aromatic heterocycles. The van der Waals surface area contributed by atoms with Crippen LogP contribution in [0.5, 0.6) is 0 Å². The van der Waals surface area contributed by atoms with Gasteiger partial charge in [0.05, 0.1) is 0 Å². The van der Waals surface area contributed by atoms with Gasteiger partial charge in [0.2, 0.25) is 0 Å². The molecular weight excluding hydrogens is 258 g/mol. The molecule has 0 spiro atoms. The molecule has 1 N–H and O–H groups in total. The Balaban J connectivity index is 2.24. The van der Waals surface area contributed by atoms with E-state index in [4.69, 9.17) is 9.97 Å². The Morgan fingerprint density at radius 1 is 0.952 bits per heavy atom. The van der Waals surface area contributed by atoms with Crippen LogP contribution in [-0.4, -0.2) is 23.1 Å². The molecule has 0 aromatic carbocycles. The number of hydrogen-bond acceptors (Lipinski definition) is 3. The van der Waals surface area contributed by atoms with Crippen molar-refractivity contribution in [2.45, 2.75) is 78.1 Å². The van der Waals surface area contributed by atoms with Gasteiger partial charge < -0.3 is 5.32 Å². The summed E-state index contributed by atoms with van der Waals surface area (Å²) in [6.07, 6.45) is 9.75. The lowest BCUT2D eigenvalue weighted by Crippen LogP contribution is -2.20. The van der Waals surface area contributed by atoms with E-state index < -0.39 is 0 Å². The van der Waals surface area contributed by atoms with E-state index in [2.05, 4.69) is 26.1 Å². The molecule has 0 amide bonds. The summed E-state index contributed by atoms with van der Waals surface area (Å²) in [5, 5.41) is 3.42. The second-order valence-electron chi connectivity index (χ2n) is 6.10. The fraction of sp³-hybridized carbons (Fsp3) is 0.778. The summed E-state index contributed by atoms with van der Waals surface area (Å²) in [5.41, 5.74) is 3.99. The van der Waals surface area contributed by atoms with Crippen LogP contribution in [0.15, 0.2) is 0 Å². The van der Waals surface area contributed by atoms with Crippen molar-refractivity contribution in [3.05, 3.63) is 22.8 Å². The molecule has 0 unspecified atom stereocenters. The molecule has 0 aliphatic heterocycles. The number of likely N-dealkylation sites (N-methyl/N-ethyl adjacent to an activating group) is 1. The molecule has 0 bridgehead atoms. The van der Waals surface area contributed by atoms with Crippen LogP contribution in [0.4, 0.5) is 0 Å². The normalized spacial score (nSPS) is 16.3. The molecule has 1 saturated carbocycles. The zero-order chi connectivity index (χ0) is 15.1. The van der Waals surface area contributed by atoms with Gasteiger partial charge in [0.25, 0.3) is 0 Å². The van der Waals surface area contributed by atoms with E-state index in [0.717, 1.165) is 38.2 Å². The standard InChI is InChI=1S/C18H31N3/c1-4-16-15(12-13-19-6-3)17(5-2)21-18(20-16)14-10-8-7-9-11-14/h14,19H,4-13H2,1-3H3. The van der Waals surface area contributed by atoms with Crippen molar-refractivity contribution in [1.82, 2.24) is 15.3 Å². The molecule has 1 aromatic rings. The number of hydrogen-bond donors (Lipinski definition) is 1. The molecule has 118 valence electrons. The molecular formula is C18H31N3. The van der Waals surface area contributed by atoms with Crippen molar-refractivity contribution >= 4 is 0 Å². The van der Waals surface area contributed by atoms with Gasteiger partial charge in [0, 0.05) is 17.3 Å².